The fourth-order valence-corrected chi connectivity index (χ4v) is 2.18. The summed E-state index contributed by atoms with van der Waals surface area (Å²) in [6.07, 6.45) is 1.04. The Labute approximate surface area is 136 Å². The van der Waals surface area contributed by atoms with Gasteiger partial charge in [-0.25, -0.2) is 0 Å². The number of nitrogens with one attached hydrogen (secondary N) is 2. The summed E-state index contributed by atoms with van der Waals surface area (Å²) < 4.78 is 10.9. The van der Waals surface area contributed by atoms with Crippen molar-refractivity contribution in [1.82, 2.24) is 10.6 Å². The minimum Gasteiger partial charge on any atom is -0.490 e. The lowest BCUT2D eigenvalue weighted by Gasteiger charge is -2.15. The van der Waals surface area contributed by atoms with E-state index in [2.05, 4.69) is 10.6 Å². The van der Waals surface area contributed by atoms with Crippen molar-refractivity contribution in [1.29, 1.82) is 0 Å². The van der Waals surface area contributed by atoms with Crippen molar-refractivity contribution in [2.45, 2.75) is 19.9 Å². The largest absolute Gasteiger partial charge is 0.490 e. The van der Waals surface area contributed by atoms with Crippen LogP contribution >= 0.6 is 11.6 Å². The molecule has 0 aliphatic rings. The SMILES string of the molecule is CCOc1cc(CNCCCNC)cc(Cl)c1OCC(N)=O. The highest BCUT2D eigenvalue weighted by Gasteiger charge is 2.13. The topological polar surface area (TPSA) is 85.6 Å². The molecular formula is C15H24ClN3O3. The number of carbonyl (C=O) groups is 1. The van der Waals surface area contributed by atoms with Crippen molar-refractivity contribution < 1.29 is 14.3 Å². The summed E-state index contributed by atoms with van der Waals surface area (Å²) in [5.41, 5.74) is 6.08. The lowest BCUT2D eigenvalue weighted by atomic mass is 10.2. The molecule has 0 aliphatic carbocycles. The molecule has 6 nitrogen and oxygen atoms in total. The number of halogens is 1. The van der Waals surface area contributed by atoms with E-state index in [4.69, 9.17) is 26.8 Å². The van der Waals surface area contributed by atoms with Crippen molar-refractivity contribution in [3.8, 4) is 11.5 Å². The number of primary amides is 1. The number of amides is 1. The fraction of sp³-hybridized carbons (Fsp3) is 0.533. The molecule has 0 atom stereocenters. The molecule has 4 N–H and O–H groups in total. The molecule has 124 valence electrons. The van der Waals surface area contributed by atoms with Gasteiger partial charge in [0.05, 0.1) is 11.6 Å². The number of hydrogen-bond acceptors (Lipinski definition) is 5. The minimum absolute atomic E-state index is 0.235. The average molecular weight is 330 g/mol. The van der Waals surface area contributed by atoms with Crippen LogP contribution in [0.5, 0.6) is 11.5 Å². The van der Waals surface area contributed by atoms with Crippen molar-refractivity contribution in [3.63, 3.8) is 0 Å². The molecule has 0 unspecified atom stereocenters. The maximum absolute atomic E-state index is 10.8. The van der Waals surface area contributed by atoms with Crippen molar-refractivity contribution in [2.24, 2.45) is 5.73 Å². The summed E-state index contributed by atoms with van der Waals surface area (Å²) in [6.45, 7) is 4.66. The van der Waals surface area contributed by atoms with Crippen molar-refractivity contribution in [2.75, 3.05) is 33.4 Å². The van der Waals surface area contributed by atoms with E-state index in [1.165, 1.54) is 0 Å². The quantitative estimate of drug-likeness (QED) is 0.533. The predicted molar refractivity (Wildman–Crippen MR) is 87.6 cm³/mol. The average Bonchev–Trinajstić information content (AvgIpc) is 2.46. The van der Waals surface area contributed by atoms with Crippen LogP contribution in [-0.2, 0) is 11.3 Å². The first-order valence-corrected chi connectivity index (χ1v) is 7.67. The van der Waals surface area contributed by atoms with Gasteiger partial charge in [-0.1, -0.05) is 11.6 Å². The molecule has 0 aromatic heterocycles. The van der Waals surface area contributed by atoms with E-state index in [9.17, 15) is 4.79 Å². The summed E-state index contributed by atoms with van der Waals surface area (Å²) in [5.74, 6) is 0.304. The number of ether oxygens (including phenoxy) is 2. The van der Waals surface area contributed by atoms with Crippen LogP contribution in [0.3, 0.4) is 0 Å². The molecule has 1 amide bonds. The lowest BCUT2D eigenvalue weighted by molar-refractivity contribution is -0.119. The number of benzene rings is 1. The fourth-order valence-electron chi connectivity index (χ4n) is 1.89. The van der Waals surface area contributed by atoms with Gasteiger partial charge in [-0.3, -0.25) is 4.79 Å². The first-order valence-electron chi connectivity index (χ1n) is 7.30. The highest BCUT2D eigenvalue weighted by atomic mass is 35.5. The smallest absolute Gasteiger partial charge is 0.255 e. The molecule has 0 saturated heterocycles. The van der Waals surface area contributed by atoms with Crippen LogP contribution in [0.15, 0.2) is 12.1 Å². The Kier molecular flexibility index (Phi) is 8.65. The van der Waals surface area contributed by atoms with Crippen LogP contribution in [-0.4, -0.2) is 39.3 Å². The minimum atomic E-state index is -0.561. The van der Waals surface area contributed by atoms with Crippen LogP contribution in [0.25, 0.3) is 0 Å². The van der Waals surface area contributed by atoms with E-state index >= 15 is 0 Å². The van der Waals surface area contributed by atoms with Gasteiger partial charge < -0.3 is 25.8 Å². The summed E-state index contributed by atoms with van der Waals surface area (Å²) in [6, 6.07) is 3.66. The van der Waals surface area contributed by atoms with Gasteiger partial charge in [0.1, 0.15) is 0 Å². The van der Waals surface area contributed by atoms with Gasteiger partial charge in [-0.15, -0.1) is 0 Å². The van der Waals surface area contributed by atoms with Gasteiger partial charge in [0.15, 0.2) is 18.1 Å². The van der Waals surface area contributed by atoms with Gasteiger partial charge in [0.2, 0.25) is 0 Å². The molecule has 0 fully saturated rings. The van der Waals surface area contributed by atoms with E-state index in [1.807, 2.05) is 20.0 Å². The predicted octanol–water partition coefficient (Wildman–Crippen LogP) is 1.30. The van der Waals surface area contributed by atoms with Crippen LogP contribution in [0.1, 0.15) is 18.9 Å². The zero-order valence-electron chi connectivity index (χ0n) is 13.1. The first-order chi connectivity index (χ1) is 10.6. The second kappa shape index (κ2) is 10.3. The van der Waals surface area contributed by atoms with E-state index < -0.39 is 5.91 Å². The number of hydrogen-bond donors (Lipinski definition) is 3. The molecule has 22 heavy (non-hydrogen) atoms. The Bertz CT molecular complexity index is 483. The summed E-state index contributed by atoms with van der Waals surface area (Å²) in [4.78, 5) is 10.8. The molecule has 1 rings (SSSR count). The molecule has 0 saturated carbocycles. The summed E-state index contributed by atoms with van der Waals surface area (Å²) in [5, 5.41) is 6.83. The highest BCUT2D eigenvalue weighted by Crippen LogP contribution is 2.36. The second-order valence-electron chi connectivity index (χ2n) is 4.73. The van der Waals surface area contributed by atoms with Crippen LogP contribution in [0, 0.1) is 0 Å². The third-order valence-electron chi connectivity index (χ3n) is 2.84. The number of carbonyl (C=O) groups excluding carboxylic acids is 1. The molecular weight excluding hydrogens is 306 g/mol. The van der Waals surface area contributed by atoms with Crippen LogP contribution in [0.4, 0.5) is 0 Å². The van der Waals surface area contributed by atoms with E-state index in [1.54, 1.807) is 6.07 Å². The Hall–Kier alpha value is -1.50. The molecule has 0 heterocycles. The van der Waals surface area contributed by atoms with Gasteiger partial charge in [0.25, 0.3) is 5.91 Å². The number of rotatable bonds is 11. The zero-order chi connectivity index (χ0) is 16.4. The van der Waals surface area contributed by atoms with E-state index in [0.29, 0.717) is 29.7 Å². The summed E-state index contributed by atoms with van der Waals surface area (Å²) in [7, 11) is 1.93. The number of nitrogens with two attached hydrogens (primary N) is 1. The first kappa shape index (κ1) is 18.5. The molecule has 0 bridgehead atoms. The Balaban J connectivity index is 2.73. The van der Waals surface area contributed by atoms with Crippen LogP contribution < -0.4 is 25.8 Å². The molecule has 0 aliphatic heterocycles. The molecule has 7 heteroatoms. The lowest BCUT2D eigenvalue weighted by Crippen LogP contribution is -2.21. The normalized spacial score (nSPS) is 10.5. The molecule has 0 spiro atoms. The van der Waals surface area contributed by atoms with Gasteiger partial charge in [0, 0.05) is 6.54 Å². The Morgan fingerprint density at radius 3 is 2.73 bits per heavy atom. The monoisotopic (exact) mass is 329 g/mol. The molecule has 0 radical (unpaired) electrons. The standard InChI is InChI=1S/C15H24ClN3O3/c1-3-21-13-8-11(9-19-6-4-5-18-2)7-12(16)15(13)22-10-14(17)20/h7-8,18-19H,3-6,9-10H2,1-2H3,(H2,17,20). The Morgan fingerprint density at radius 2 is 2.09 bits per heavy atom. The maximum Gasteiger partial charge on any atom is 0.255 e. The Morgan fingerprint density at radius 1 is 1.32 bits per heavy atom. The van der Waals surface area contributed by atoms with Gasteiger partial charge in [-0.05, 0) is 51.2 Å². The van der Waals surface area contributed by atoms with Crippen molar-refractivity contribution >= 4 is 17.5 Å². The van der Waals surface area contributed by atoms with Crippen molar-refractivity contribution in [3.05, 3.63) is 22.7 Å². The van der Waals surface area contributed by atoms with E-state index in [0.717, 1.165) is 25.1 Å². The third kappa shape index (κ3) is 6.51. The third-order valence-corrected chi connectivity index (χ3v) is 3.12. The van der Waals surface area contributed by atoms with Gasteiger partial charge >= 0.3 is 0 Å². The highest BCUT2D eigenvalue weighted by molar-refractivity contribution is 6.32. The molecule has 1 aromatic carbocycles. The van der Waals surface area contributed by atoms with Crippen LogP contribution in [0.2, 0.25) is 5.02 Å². The summed E-state index contributed by atoms with van der Waals surface area (Å²) >= 11 is 6.22. The second-order valence-corrected chi connectivity index (χ2v) is 5.13. The maximum atomic E-state index is 10.8. The van der Waals surface area contributed by atoms with Gasteiger partial charge in [-0.2, -0.15) is 0 Å². The van der Waals surface area contributed by atoms with E-state index in [-0.39, 0.29) is 6.61 Å². The molecule has 1 aromatic rings. The zero-order valence-corrected chi connectivity index (χ0v) is 13.8.